The summed E-state index contributed by atoms with van der Waals surface area (Å²) in [7, 11) is -0.749. The van der Waals surface area contributed by atoms with Crippen molar-refractivity contribution in [2.24, 2.45) is 0 Å². The minimum absolute atomic E-state index is 0.173. The summed E-state index contributed by atoms with van der Waals surface area (Å²) in [5.41, 5.74) is 0. The third-order valence-electron chi connectivity index (χ3n) is 1.07. The van der Waals surface area contributed by atoms with Crippen LogP contribution in [0.2, 0.25) is 0 Å². The predicted octanol–water partition coefficient (Wildman–Crippen LogP) is 1.46. The highest BCUT2D eigenvalue weighted by Crippen LogP contribution is 2.45. The first kappa shape index (κ1) is 9.90. The predicted molar refractivity (Wildman–Crippen MR) is 46.2 cm³/mol. The first-order chi connectivity index (χ1) is 4.42. The second-order valence-corrected chi connectivity index (χ2v) is 8.38. The Morgan fingerprint density at radius 1 is 1.40 bits per heavy atom. The second kappa shape index (κ2) is 3.92. The standard InChI is InChI=1S/C7H16O2P/c1-7(8)9-5-6-10(2,3)4/h5-6H2,1-4H3/q+1. The van der Waals surface area contributed by atoms with Crippen LogP contribution in [0.4, 0.5) is 0 Å². The van der Waals surface area contributed by atoms with Gasteiger partial charge in [0, 0.05) is 34.2 Å². The largest absolute Gasteiger partial charge is 0.462 e. The Kier molecular flexibility index (Phi) is 3.88. The van der Waals surface area contributed by atoms with Crippen molar-refractivity contribution in [3.05, 3.63) is 0 Å². The van der Waals surface area contributed by atoms with Gasteiger partial charge in [0.25, 0.3) is 0 Å². The molecule has 0 amide bonds. The zero-order valence-electron chi connectivity index (χ0n) is 7.18. The first-order valence-corrected chi connectivity index (χ1v) is 6.67. The van der Waals surface area contributed by atoms with Crippen LogP contribution in [0.1, 0.15) is 6.92 Å². The lowest BCUT2D eigenvalue weighted by Crippen LogP contribution is -2.06. The fraction of sp³-hybridized carbons (Fsp3) is 0.857. The molecule has 0 radical (unpaired) electrons. The molecule has 0 N–H and O–H groups in total. The van der Waals surface area contributed by atoms with Gasteiger partial charge in [-0.1, -0.05) is 0 Å². The van der Waals surface area contributed by atoms with E-state index in [4.69, 9.17) is 4.74 Å². The lowest BCUT2D eigenvalue weighted by molar-refractivity contribution is -0.140. The highest BCUT2D eigenvalue weighted by atomic mass is 31.2. The molecular weight excluding hydrogens is 147 g/mol. The van der Waals surface area contributed by atoms with Gasteiger partial charge in [0.1, 0.15) is 6.61 Å². The van der Waals surface area contributed by atoms with Crippen LogP contribution in [-0.2, 0) is 9.53 Å². The molecule has 0 saturated carbocycles. The van der Waals surface area contributed by atoms with E-state index >= 15 is 0 Å². The zero-order chi connectivity index (χ0) is 8.20. The quantitative estimate of drug-likeness (QED) is 0.465. The van der Waals surface area contributed by atoms with Crippen molar-refractivity contribution in [2.75, 3.05) is 32.8 Å². The Morgan fingerprint density at radius 2 is 1.90 bits per heavy atom. The van der Waals surface area contributed by atoms with Crippen LogP contribution in [-0.4, -0.2) is 38.7 Å². The summed E-state index contributed by atoms with van der Waals surface area (Å²) in [4.78, 5) is 10.3. The molecule has 0 heterocycles. The van der Waals surface area contributed by atoms with Gasteiger partial charge in [0.15, 0.2) is 0 Å². The van der Waals surface area contributed by atoms with Crippen LogP contribution in [0.15, 0.2) is 0 Å². The minimum atomic E-state index is -0.749. The molecule has 0 aromatic heterocycles. The monoisotopic (exact) mass is 163 g/mol. The maximum Gasteiger partial charge on any atom is 0.302 e. The first-order valence-electron chi connectivity index (χ1n) is 3.35. The highest BCUT2D eigenvalue weighted by molar-refractivity contribution is 7.73. The van der Waals surface area contributed by atoms with Gasteiger partial charge in [-0.3, -0.25) is 4.79 Å². The molecule has 10 heavy (non-hydrogen) atoms. The second-order valence-electron chi connectivity index (χ2n) is 3.35. The van der Waals surface area contributed by atoms with Gasteiger partial charge in [0.2, 0.25) is 0 Å². The van der Waals surface area contributed by atoms with E-state index in [1.54, 1.807) is 0 Å². The average Bonchev–Trinajstić information content (AvgIpc) is 1.59. The molecule has 0 aliphatic carbocycles. The third kappa shape index (κ3) is 7.90. The molecule has 3 heteroatoms. The molecule has 0 unspecified atom stereocenters. The van der Waals surface area contributed by atoms with Gasteiger partial charge in [-0.05, 0) is 0 Å². The summed E-state index contributed by atoms with van der Waals surface area (Å²) in [6, 6.07) is 0. The van der Waals surface area contributed by atoms with E-state index in [2.05, 4.69) is 20.0 Å². The molecule has 0 saturated heterocycles. The minimum Gasteiger partial charge on any atom is -0.462 e. The van der Waals surface area contributed by atoms with Crippen LogP contribution < -0.4 is 0 Å². The van der Waals surface area contributed by atoms with E-state index in [1.165, 1.54) is 6.92 Å². The van der Waals surface area contributed by atoms with Crippen molar-refractivity contribution in [1.29, 1.82) is 0 Å². The van der Waals surface area contributed by atoms with Crippen LogP contribution in [0.3, 0.4) is 0 Å². The topological polar surface area (TPSA) is 26.3 Å². The fourth-order valence-corrected chi connectivity index (χ4v) is 1.10. The van der Waals surface area contributed by atoms with Crippen molar-refractivity contribution >= 4 is 13.2 Å². The van der Waals surface area contributed by atoms with Gasteiger partial charge in [-0.2, -0.15) is 0 Å². The number of ether oxygens (including phenoxy) is 1. The van der Waals surface area contributed by atoms with E-state index in [0.29, 0.717) is 6.61 Å². The van der Waals surface area contributed by atoms with Crippen molar-refractivity contribution < 1.29 is 9.53 Å². The molecule has 0 fully saturated rings. The third-order valence-corrected chi connectivity index (χ3v) is 2.59. The van der Waals surface area contributed by atoms with Crippen LogP contribution in [0.5, 0.6) is 0 Å². The summed E-state index contributed by atoms with van der Waals surface area (Å²) in [6.45, 7) is 8.73. The van der Waals surface area contributed by atoms with Gasteiger partial charge >= 0.3 is 5.97 Å². The van der Waals surface area contributed by atoms with E-state index < -0.39 is 7.26 Å². The maximum absolute atomic E-state index is 10.3. The van der Waals surface area contributed by atoms with Gasteiger partial charge in [-0.25, -0.2) is 0 Å². The highest BCUT2D eigenvalue weighted by Gasteiger charge is 2.16. The Hall–Kier alpha value is -0.100. The summed E-state index contributed by atoms with van der Waals surface area (Å²) in [6.07, 6.45) is 1.03. The summed E-state index contributed by atoms with van der Waals surface area (Å²) in [5, 5.41) is 0. The average molecular weight is 163 g/mol. The lowest BCUT2D eigenvalue weighted by Gasteiger charge is -2.10. The van der Waals surface area contributed by atoms with Crippen LogP contribution in [0.25, 0.3) is 0 Å². The molecule has 0 aliphatic heterocycles. The number of carbonyl (C=O) groups is 1. The van der Waals surface area contributed by atoms with Crippen molar-refractivity contribution in [3.63, 3.8) is 0 Å². The maximum atomic E-state index is 10.3. The van der Waals surface area contributed by atoms with Gasteiger partial charge < -0.3 is 4.74 Å². The van der Waals surface area contributed by atoms with Crippen LogP contribution >= 0.6 is 7.26 Å². The Morgan fingerprint density at radius 3 is 2.20 bits per heavy atom. The van der Waals surface area contributed by atoms with Gasteiger partial charge in [0.05, 0.1) is 6.16 Å². The Labute approximate surface area is 63.3 Å². The number of esters is 1. The molecule has 0 spiro atoms. The summed E-state index contributed by atoms with van der Waals surface area (Å²) >= 11 is 0. The van der Waals surface area contributed by atoms with Crippen molar-refractivity contribution in [1.82, 2.24) is 0 Å². The molecule has 0 aromatic carbocycles. The molecule has 0 bridgehead atoms. The number of hydrogen-bond acceptors (Lipinski definition) is 2. The number of carbonyl (C=O) groups excluding carboxylic acids is 1. The lowest BCUT2D eigenvalue weighted by atomic mass is 10.8. The van der Waals surface area contributed by atoms with Crippen molar-refractivity contribution in [3.8, 4) is 0 Å². The summed E-state index contributed by atoms with van der Waals surface area (Å²) in [5.74, 6) is -0.173. The number of rotatable bonds is 3. The summed E-state index contributed by atoms with van der Waals surface area (Å²) < 4.78 is 4.81. The molecule has 0 atom stereocenters. The molecule has 60 valence electrons. The SMILES string of the molecule is CC(=O)OCC[P+](C)(C)C. The smallest absolute Gasteiger partial charge is 0.302 e. The number of hydrogen-bond donors (Lipinski definition) is 0. The van der Waals surface area contributed by atoms with E-state index in [1.807, 2.05) is 0 Å². The normalized spacial score (nSPS) is 11.2. The van der Waals surface area contributed by atoms with Crippen molar-refractivity contribution in [2.45, 2.75) is 6.92 Å². The zero-order valence-corrected chi connectivity index (χ0v) is 8.07. The van der Waals surface area contributed by atoms with E-state index in [0.717, 1.165) is 6.16 Å². The van der Waals surface area contributed by atoms with E-state index in [9.17, 15) is 4.79 Å². The van der Waals surface area contributed by atoms with Gasteiger partial charge in [-0.15, -0.1) is 0 Å². The van der Waals surface area contributed by atoms with E-state index in [-0.39, 0.29) is 5.97 Å². The van der Waals surface area contributed by atoms with Crippen LogP contribution in [0, 0.1) is 0 Å². The Balaban J connectivity index is 3.29. The molecular formula is C7H16O2P+. The Bertz CT molecular complexity index is 115. The molecule has 0 aliphatic rings. The molecule has 2 nitrogen and oxygen atoms in total. The fourth-order valence-electron chi connectivity index (χ4n) is 0.463. The molecule has 0 aromatic rings. The molecule has 0 rings (SSSR count).